The molecule has 0 radical (unpaired) electrons. The van der Waals surface area contributed by atoms with Crippen LogP contribution in [0.15, 0.2) is 47.6 Å². The van der Waals surface area contributed by atoms with E-state index in [9.17, 15) is 0 Å². The van der Waals surface area contributed by atoms with Crippen LogP contribution in [0.5, 0.6) is 5.75 Å². The van der Waals surface area contributed by atoms with Crippen LogP contribution in [0.4, 0.5) is 0 Å². The predicted molar refractivity (Wildman–Crippen MR) is 107 cm³/mol. The van der Waals surface area contributed by atoms with Crippen molar-refractivity contribution in [3.8, 4) is 5.75 Å². The zero-order chi connectivity index (χ0) is 18.5. The molecule has 26 heavy (non-hydrogen) atoms. The lowest BCUT2D eigenvalue weighted by Gasteiger charge is -2.31. The maximum absolute atomic E-state index is 5.22. The molecule has 1 aliphatic heterocycles. The molecule has 1 aliphatic rings. The molecule has 0 aromatic heterocycles. The summed E-state index contributed by atoms with van der Waals surface area (Å²) < 4.78 is 5.22. The Morgan fingerprint density at radius 3 is 2.38 bits per heavy atom. The molecule has 0 saturated carbocycles. The highest BCUT2D eigenvalue weighted by atomic mass is 16.5. The summed E-state index contributed by atoms with van der Waals surface area (Å²) in [4.78, 5) is 1.64. The third-order valence-electron chi connectivity index (χ3n) is 5.18. The monoisotopic (exact) mass is 352 g/mol. The van der Waals surface area contributed by atoms with E-state index in [2.05, 4.69) is 56.1 Å². The summed E-state index contributed by atoms with van der Waals surface area (Å²) in [5.74, 6) is 0.880. The van der Waals surface area contributed by atoms with Gasteiger partial charge in [0.1, 0.15) is 12.3 Å². The molecule has 2 aromatic rings. The van der Waals surface area contributed by atoms with Crippen LogP contribution in [0.1, 0.15) is 29.2 Å². The first-order valence-electron chi connectivity index (χ1n) is 9.39. The second-order valence-corrected chi connectivity index (χ2v) is 7.22. The average Bonchev–Trinajstić information content (AvgIpc) is 2.65. The average molecular weight is 353 g/mol. The summed E-state index contributed by atoms with van der Waals surface area (Å²) in [6, 6.07) is 14.9. The number of benzene rings is 2. The molecule has 0 atom stereocenters. The number of nitrogens with zero attached hydrogens (tertiary/aromatic N) is 2. The first-order valence-corrected chi connectivity index (χ1v) is 9.39. The van der Waals surface area contributed by atoms with Crippen LogP contribution in [-0.2, 0) is 6.54 Å². The van der Waals surface area contributed by atoms with Gasteiger partial charge in [-0.25, -0.2) is 0 Å². The number of rotatable bonds is 5. The lowest BCUT2D eigenvalue weighted by molar-refractivity contribution is -0.918. The Hall–Kier alpha value is -2.33. The minimum atomic E-state index is 0.880. The summed E-state index contributed by atoms with van der Waals surface area (Å²) in [5, 5.41) is 7.04. The van der Waals surface area contributed by atoms with E-state index in [0.29, 0.717) is 0 Å². The molecule has 3 rings (SSSR count). The summed E-state index contributed by atoms with van der Waals surface area (Å²) in [5.41, 5.74) is 6.43. The Balaban J connectivity index is 1.55. The van der Waals surface area contributed by atoms with Crippen molar-refractivity contribution in [2.45, 2.75) is 27.3 Å². The molecule has 0 spiro atoms. The smallest absolute Gasteiger partial charge is 0.118 e. The molecule has 1 fully saturated rings. The van der Waals surface area contributed by atoms with Crippen molar-refractivity contribution in [2.24, 2.45) is 5.10 Å². The van der Waals surface area contributed by atoms with Gasteiger partial charge in [0.2, 0.25) is 0 Å². The number of hydrogen-bond acceptors (Lipinski definition) is 3. The number of hydrazone groups is 1. The van der Waals surface area contributed by atoms with Gasteiger partial charge in [0.05, 0.1) is 39.0 Å². The highest BCUT2D eigenvalue weighted by Crippen LogP contribution is 2.13. The Morgan fingerprint density at radius 1 is 1.08 bits per heavy atom. The van der Waals surface area contributed by atoms with Gasteiger partial charge < -0.3 is 9.64 Å². The van der Waals surface area contributed by atoms with Gasteiger partial charge in [-0.15, -0.1) is 0 Å². The number of quaternary nitrogens is 1. The number of methoxy groups -OCH3 is 1. The number of nitrogens with one attached hydrogen (secondary N) is 1. The van der Waals surface area contributed by atoms with E-state index in [1.165, 1.54) is 16.7 Å². The summed E-state index contributed by atoms with van der Waals surface area (Å²) in [6.07, 6.45) is 0. The molecule has 4 nitrogen and oxygen atoms in total. The van der Waals surface area contributed by atoms with E-state index in [1.807, 2.05) is 12.1 Å². The van der Waals surface area contributed by atoms with E-state index >= 15 is 0 Å². The fourth-order valence-corrected chi connectivity index (χ4v) is 3.50. The zero-order valence-corrected chi connectivity index (χ0v) is 16.4. The van der Waals surface area contributed by atoms with Crippen molar-refractivity contribution in [1.82, 2.24) is 5.01 Å². The SMILES string of the molecule is COc1ccc(/C(C)=N\N2CC[NH+](Cc3ccc(C)cc3C)CC2)cc1. The predicted octanol–water partition coefficient (Wildman–Crippen LogP) is 2.44. The molecule has 1 N–H and O–H groups in total. The summed E-state index contributed by atoms with van der Waals surface area (Å²) in [6.45, 7) is 11.9. The molecular weight excluding hydrogens is 322 g/mol. The molecule has 0 unspecified atom stereocenters. The lowest BCUT2D eigenvalue weighted by Crippen LogP contribution is -3.13. The van der Waals surface area contributed by atoms with E-state index in [4.69, 9.17) is 9.84 Å². The van der Waals surface area contributed by atoms with Gasteiger partial charge in [0, 0.05) is 5.56 Å². The van der Waals surface area contributed by atoms with Gasteiger partial charge in [0.15, 0.2) is 0 Å². The van der Waals surface area contributed by atoms with E-state index in [1.54, 1.807) is 12.0 Å². The van der Waals surface area contributed by atoms with Crippen LogP contribution in [0.2, 0.25) is 0 Å². The van der Waals surface area contributed by atoms with Gasteiger partial charge in [-0.05, 0) is 56.2 Å². The molecule has 0 aliphatic carbocycles. The number of hydrogen-bond donors (Lipinski definition) is 1. The van der Waals surface area contributed by atoms with Gasteiger partial charge >= 0.3 is 0 Å². The first kappa shape index (κ1) is 18.5. The summed E-state index contributed by atoms with van der Waals surface area (Å²) in [7, 11) is 1.69. The number of ether oxygens (including phenoxy) is 1. The Morgan fingerprint density at radius 2 is 1.77 bits per heavy atom. The first-order chi connectivity index (χ1) is 12.5. The van der Waals surface area contributed by atoms with Gasteiger partial charge in [-0.2, -0.15) is 5.10 Å². The highest BCUT2D eigenvalue weighted by molar-refractivity contribution is 5.98. The molecule has 4 heteroatoms. The maximum atomic E-state index is 5.22. The third kappa shape index (κ3) is 4.64. The van der Waals surface area contributed by atoms with Crippen LogP contribution < -0.4 is 9.64 Å². The van der Waals surface area contributed by atoms with Gasteiger partial charge in [-0.3, -0.25) is 5.01 Å². The number of aryl methyl sites for hydroxylation is 2. The molecule has 138 valence electrons. The fraction of sp³-hybridized carbons (Fsp3) is 0.409. The second-order valence-electron chi connectivity index (χ2n) is 7.22. The van der Waals surface area contributed by atoms with Crippen molar-refractivity contribution in [3.63, 3.8) is 0 Å². The second kappa shape index (κ2) is 8.37. The molecule has 0 amide bonds. The largest absolute Gasteiger partial charge is 0.497 e. The molecule has 1 heterocycles. The van der Waals surface area contributed by atoms with E-state index in [0.717, 1.165) is 49.7 Å². The quantitative estimate of drug-likeness (QED) is 0.838. The zero-order valence-electron chi connectivity index (χ0n) is 16.4. The molecule has 2 aromatic carbocycles. The van der Waals surface area contributed by atoms with Crippen molar-refractivity contribution in [2.75, 3.05) is 33.3 Å². The standard InChI is InChI=1S/C22H29N3O/c1-17-5-6-21(18(2)15-17)16-24-11-13-25(14-12-24)23-19(3)20-7-9-22(26-4)10-8-20/h5-10,15H,11-14,16H2,1-4H3/p+1/b23-19-. The summed E-state index contributed by atoms with van der Waals surface area (Å²) >= 11 is 0. The number of piperazine rings is 1. The van der Waals surface area contributed by atoms with Crippen LogP contribution in [0.3, 0.4) is 0 Å². The van der Waals surface area contributed by atoms with E-state index < -0.39 is 0 Å². The normalized spacial score (nSPS) is 16.0. The third-order valence-corrected chi connectivity index (χ3v) is 5.18. The van der Waals surface area contributed by atoms with Crippen molar-refractivity contribution < 1.29 is 9.64 Å². The van der Waals surface area contributed by atoms with Crippen molar-refractivity contribution >= 4 is 5.71 Å². The maximum Gasteiger partial charge on any atom is 0.118 e. The van der Waals surface area contributed by atoms with Crippen LogP contribution >= 0.6 is 0 Å². The van der Waals surface area contributed by atoms with E-state index in [-0.39, 0.29) is 0 Å². The molecule has 0 bridgehead atoms. The fourth-order valence-electron chi connectivity index (χ4n) is 3.50. The van der Waals surface area contributed by atoms with Crippen LogP contribution in [-0.4, -0.2) is 44.0 Å². The molecule has 1 saturated heterocycles. The van der Waals surface area contributed by atoms with Gasteiger partial charge in [0.25, 0.3) is 0 Å². The van der Waals surface area contributed by atoms with Crippen molar-refractivity contribution in [3.05, 3.63) is 64.7 Å². The minimum absolute atomic E-state index is 0.880. The van der Waals surface area contributed by atoms with Crippen LogP contribution in [0.25, 0.3) is 0 Å². The molecular formula is C22H30N3O+. The lowest BCUT2D eigenvalue weighted by atomic mass is 10.1. The minimum Gasteiger partial charge on any atom is -0.497 e. The Labute approximate surface area is 157 Å². The Bertz CT molecular complexity index is 759. The van der Waals surface area contributed by atoms with Crippen LogP contribution in [0, 0.1) is 13.8 Å². The van der Waals surface area contributed by atoms with Gasteiger partial charge in [-0.1, -0.05) is 23.8 Å². The Kier molecular flexibility index (Phi) is 5.94. The van der Waals surface area contributed by atoms with Crippen molar-refractivity contribution in [1.29, 1.82) is 0 Å². The highest BCUT2D eigenvalue weighted by Gasteiger charge is 2.20. The topological polar surface area (TPSA) is 29.3 Å².